The van der Waals surface area contributed by atoms with E-state index in [1.807, 2.05) is 16.9 Å². The van der Waals surface area contributed by atoms with E-state index in [1.54, 1.807) is 0 Å². The Morgan fingerprint density at radius 1 is 1.50 bits per heavy atom. The zero-order valence-electron chi connectivity index (χ0n) is 9.48. The molecule has 3 rings (SSSR count). The van der Waals surface area contributed by atoms with Crippen LogP contribution in [0.5, 0.6) is 0 Å². The molecule has 4 nitrogen and oxygen atoms in total. The van der Waals surface area contributed by atoms with Crippen molar-refractivity contribution >= 4 is 5.65 Å². The van der Waals surface area contributed by atoms with Crippen LogP contribution in [0.15, 0.2) is 18.5 Å². The zero-order valence-corrected chi connectivity index (χ0v) is 9.48. The minimum absolute atomic E-state index is 0.568. The van der Waals surface area contributed by atoms with Crippen LogP contribution >= 0.6 is 0 Å². The number of hydrogen-bond acceptors (Lipinski definition) is 3. The van der Waals surface area contributed by atoms with Gasteiger partial charge in [-0.15, -0.1) is 0 Å². The molecule has 4 heteroatoms. The summed E-state index contributed by atoms with van der Waals surface area (Å²) in [5.74, 6) is 0.568. The summed E-state index contributed by atoms with van der Waals surface area (Å²) in [6.45, 7) is 4.25. The van der Waals surface area contributed by atoms with Crippen LogP contribution in [0, 0.1) is 6.92 Å². The quantitative estimate of drug-likeness (QED) is 0.785. The summed E-state index contributed by atoms with van der Waals surface area (Å²) in [4.78, 5) is 4.38. The predicted octanol–water partition coefficient (Wildman–Crippen LogP) is 1.50. The molecule has 2 aromatic heterocycles. The standard InChI is InChI=1S/C12H16N4/c1-9-7-15-16-11(4-6-14-12(9)16)10-3-2-5-13-8-10/h4,6-7,10,13H,2-3,5,8H2,1H3. The van der Waals surface area contributed by atoms with Gasteiger partial charge in [-0.1, -0.05) is 0 Å². The van der Waals surface area contributed by atoms with Crippen LogP contribution in [0.1, 0.15) is 30.0 Å². The highest BCUT2D eigenvalue weighted by Crippen LogP contribution is 2.23. The van der Waals surface area contributed by atoms with Gasteiger partial charge in [0.2, 0.25) is 0 Å². The summed E-state index contributed by atoms with van der Waals surface area (Å²) in [5, 5.41) is 7.86. The van der Waals surface area contributed by atoms with Crippen LogP contribution in [0.2, 0.25) is 0 Å². The molecule has 1 saturated heterocycles. The molecular weight excluding hydrogens is 200 g/mol. The Balaban J connectivity index is 2.08. The Hall–Kier alpha value is -1.42. The topological polar surface area (TPSA) is 42.2 Å². The third-order valence-corrected chi connectivity index (χ3v) is 3.32. The number of piperidine rings is 1. The van der Waals surface area contributed by atoms with Gasteiger partial charge in [-0.25, -0.2) is 9.50 Å². The van der Waals surface area contributed by atoms with Gasteiger partial charge in [0.25, 0.3) is 0 Å². The molecule has 84 valence electrons. The maximum absolute atomic E-state index is 4.42. The summed E-state index contributed by atoms with van der Waals surface area (Å²) in [7, 11) is 0. The molecule has 0 aliphatic carbocycles. The van der Waals surface area contributed by atoms with Gasteiger partial charge >= 0.3 is 0 Å². The maximum Gasteiger partial charge on any atom is 0.158 e. The Kier molecular flexibility index (Phi) is 2.36. The van der Waals surface area contributed by atoms with Crippen LogP contribution in [0.4, 0.5) is 0 Å². The largest absolute Gasteiger partial charge is 0.316 e. The van der Waals surface area contributed by atoms with Crippen molar-refractivity contribution in [1.29, 1.82) is 0 Å². The third kappa shape index (κ3) is 1.50. The van der Waals surface area contributed by atoms with Gasteiger partial charge in [-0.05, 0) is 32.4 Å². The summed E-state index contributed by atoms with van der Waals surface area (Å²) in [6, 6.07) is 2.09. The Labute approximate surface area is 94.7 Å². The molecule has 1 atom stereocenters. The van der Waals surface area contributed by atoms with Crippen LogP contribution in [-0.4, -0.2) is 27.7 Å². The number of aryl methyl sites for hydroxylation is 1. The molecule has 3 heterocycles. The van der Waals surface area contributed by atoms with Gasteiger partial charge in [-0.3, -0.25) is 0 Å². The lowest BCUT2D eigenvalue weighted by Gasteiger charge is -2.23. The number of nitrogens with one attached hydrogen (secondary N) is 1. The van der Waals surface area contributed by atoms with E-state index in [4.69, 9.17) is 0 Å². The van der Waals surface area contributed by atoms with Crippen LogP contribution in [0.3, 0.4) is 0 Å². The number of rotatable bonds is 1. The van der Waals surface area contributed by atoms with Gasteiger partial charge in [-0.2, -0.15) is 5.10 Å². The minimum atomic E-state index is 0.568. The van der Waals surface area contributed by atoms with Crippen molar-refractivity contribution in [3.63, 3.8) is 0 Å². The molecule has 0 amide bonds. The van der Waals surface area contributed by atoms with E-state index in [1.165, 1.54) is 18.5 Å². The number of hydrogen-bond donors (Lipinski definition) is 1. The first-order chi connectivity index (χ1) is 7.86. The lowest BCUT2D eigenvalue weighted by Crippen LogP contribution is -2.29. The first-order valence-corrected chi connectivity index (χ1v) is 5.86. The van der Waals surface area contributed by atoms with Crippen molar-refractivity contribution in [3.05, 3.63) is 29.7 Å². The second kappa shape index (κ2) is 3.87. The fourth-order valence-corrected chi connectivity index (χ4v) is 2.44. The predicted molar refractivity (Wildman–Crippen MR) is 62.6 cm³/mol. The van der Waals surface area contributed by atoms with Gasteiger partial charge in [0, 0.05) is 24.2 Å². The lowest BCUT2D eigenvalue weighted by atomic mass is 9.96. The van der Waals surface area contributed by atoms with Crippen molar-refractivity contribution in [2.24, 2.45) is 0 Å². The molecule has 0 saturated carbocycles. The Bertz CT molecular complexity index is 497. The van der Waals surface area contributed by atoms with Gasteiger partial charge in [0.15, 0.2) is 5.65 Å². The molecule has 0 aromatic carbocycles. The molecule has 0 bridgehead atoms. The second-order valence-electron chi connectivity index (χ2n) is 4.48. The van der Waals surface area contributed by atoms with Crippen LogP contribution in [-0.2, 0) is 0 Å². The fourth-order valence-electron chi connectivity index (χ4n) is 2.44. The molecule has 1 unspecified atom stereocenters. The highest BCUT2D eigenvalue weighted by atomic mass is 15.3. The fraction of sp³-hybridized carbons (Fsp3) is 0.500. The monoisotopic (exact) mass is 216 g/mol. The highest BCUT2D eigenvalue weighted by Gasteiger charge is 2.18. The van der Waals surface area contributed by atoms with Gasteiger partial charge < -0.3 is 5.32 Å². The summed E-state index contributed by atoms with van der Waals surface area (Å²) in [5.41, 5.74) is 3.42. The summed E-state index contributed by atoms with van der Waals surface area (Å²) >= 11 is 0. The molecule has 0 radical (unpaired) electrons. The van der Waals surface area contributed by atoms with E-state index in [9.17, 15) is 0 Å². The van der Waals surface area contributed by atoms with Crippen molar-refractivity contribution in [3.8, 4) is 0 Å². The SMILES string of the molecule is Cc1cnn2c(C3CCCNC3)ccnc12. The van der Waals surface area contributed by atoms with E-state index < -0.39 is 0 Å². The molecule has 2 aromatic rings. The van der Waals surface area contributed by atoms with Crippen LogP contribution < -0.4 is 5.32 Å². The Morgan fingerprint density at radius 2 is 2.44 bits per heavy atom. The second-order valence-corrected chi connectivity index (χ2v) is 4.48. The molecular formula is C12H16N4. The number of fused-ring (bicyclic) bond motifs is 1. The molecule has 0 spiro atoms. The maximum atomic E-state index is 4.42. The molecule has 1 aliphatic heterocycles. The normalized spacial score (nSPS) is 21.4. The van der Waals surface area contributed by atoms with Crippen molar-refractivity contribution in [1.82, 2.24) is 19.9 Å². The van der Waals surface area contributed by atoms with Crippen molar-refractivity contribution in [2.45, 2.75) is 25.7 Å². The highest BCUT2D eigenvalue weighted by molar-refractivity contribution is 5.46. The average Bonchev–Trinajstić information content (AvgIpc) is 2.73. The zero-order chi connectivity index (χ0) is 11.0. The summed E-state index contributed by atoms with van der Waals surface area (Å²) in [6.07, 6.45) is 6.27. The first-order valence-electron chi connectivity index (χ1n) is 5.86. The third-order valence-electron chi connectivity index (χ3n) is 3.32. The number of aromatic nitrogens is 3. The summed E-state index contributed by atoms with van der Waals surface area (Å²) < 4.78 is 1.99. The van der Waals surface area contributed by atoms with E-state index in [2.05, 4.69) is 28.4 Å². The Morgan fingerprint density at radius 3 is 3.25 bits per heavy atom. The lowest BCUT2D eigenvalue weighted by molar-refractivity contribution is 0.448. The molecule has 16 heavy (non-hydrogen) atoms. The van der Waals surface area contributed by atoms with Gasteiger partial charge in [0.1, 0.15) is 0 Å². The van der Waals surface area contributed by atoms with Crippen molar-refractivity contribution < 1.29 is 0 Å². The number of nitrogens with zero attached hydrogens (tertiary/aromatic N) is 3. The molecule has 1 fully saturated rings. The van der Waals surface area contributed by atoms with E-state index in [-0.39, 0.29) is 0 Å². The molecule has 1 aliphatic rings. The first kappa shape index (κ1) is 9.78. The minimum Gasteiger partial charge on any atom is -0.316 e. The van der Waals surface area contributed by atoms with E-state index in [0.29, 0.717) is 5.92 Å². The van der Waals surface area contributed by atoms with Crippen LogP contribution in [0.25, 0.3) is 5.65 Å². The average molecular weight is 216 g/mol. The van der Waals surface area contributed by atoms with Gasteiger partial charge in [0.05, 0.1) is 11.9 Å². The smallest absolute Gasteiger partial charge is 0.158 e. The van der Waals surface area contributed by atoms with Crippen molar-refractivity contribution in [2.75, 3.05) is 13.1 Å². The van der Waals surface area contributed by atoms with E-state index >= 15 is 0 Å². The van der Waals surface area contributed by atoms with E-state index in [0.717, 1.165) is 24.3 Å². The molecule has 1 N–H and O–H groups in total.